The van der Waals surface area contributed by atoms with Crippen LogP contribution in [0.25, 0.3) is 0 Å². The first-order valence-electron chi connectivity index (χ1n) is 12.4. The quantitative estimate of drug-likeness (QED) is 0.178. The number of carbonyl (C=O) groups excluding carboxylic acids is 5. The van der Waals surface area contributed by atoms with E-state index in [0.717, 1.165) is 5.56 Å². The second kappa shape index (κ2) is 16.7. The molecular formula is C28H35N3O8. The van der Waals surface area contributed by atoms with Crippen LogP contribution in [-0.2, 0) is 35.2 Å². The summed E-state index contributed by atoms with van der Waals surface area (Å²) in [6, 6.07) is 15.4. The number of rotatable bonds is 16. The van der Waals surface area contributed by atoms with Crippen LogP contribution in [0.1, 0.15) is 22.8 Å². The largest absolute Gasteiger partial charge is 0.424 e. The van der Waals surface area contributed by atoms with E-state index in [4.69, 9.17) is 14.2 Å². The number of nitrogens with zero attached hydrogens (tertiary/aromatic N) is 3. The molecule has 2 aromatic rings. The van der Waals surface area contributed by atoms with E-state index in [-0.39, 0.29) is 63.2 Å². The lowest BCUT2D eigenvalue weighted by molar-refractivity contribution is -0.147. The Morgan fingerprint density at radius 2 is 1.31 bits per heavy atom. The molecule has 2 aromatic carbocycles. The first-order valence-corrected chi connectivity index (χ1v) is 12.4. The van der Waals surface area contributed by atoms with Crippen LogP contribution in [0.5, 0.6) is 5.75 Å². The van der Waals surface area contributed by atoms with E-state index in [9.17, 15) is 24.0 Å². The number of carbonyl (C=O) groups is 5. The van der Waals surface area contributed by atoms with Gasteiger partial charge in [-0.25, -0.2) is 4.79 Å². The van der Waals surface area contributed by atoms with E-state index in [1.165, 1.54) is 48.0 Å². The van der Waals surface area contributed by atoms with Crippen molar-refractivity contribution in [2.75, 3.05) is 60.2 Å². The first kappa shape index (κ1) is 31.1. The van der Waals surface area contributed by atoms with E-state index < -0.39 is 24.3 Å². The lowest BCUT2D eigenvalue weighted by Gasteiger charge is -2.29. The smallest absolute Gasteiger partial charge is 0.331 e. The molecule has 2 rings (SSSR count). The van der Waals surface area contributed by atoms with Gasteiger partial charge in [0.1, 0.15) is 18.8 Å². The maximum atomic E-state index is 13.4. The molecule has 0 unspecified atom stereocenters. The molecule has 11 heteroatoms. The Morgan fingerprint density at radius 1 is 0.744 bits per heavy atom. The molecule has 0 N–H and O–H groups in total. The number of benzene rings is 2. The van der Waals surface area contributed by atoms with E-state index in [2.05, 4.69) is 0 Å². The summed E-state index contributed by atoms with van der Waals surface area (Å²) >= 11 is 0. The van der Waals surface area contributed by atoms with Crippen LogP contribution in [-0.4, -0.2) is 105 Å². The number of esters is 1. The Hall–Kier alpha value is -4.09. The standard InChI is InChI=1S/C28H35N3O8/c1-22(33)29(13-15-37-2)18-27(35)31(17-23-9-5-4-6-10-23)19-26(34)30(14-16-38-3)20-28(36)39-25-12-8-7-11-24(25)21-32/h4-12,21H,13-20H2,1-3H3. The first-order chi connectivity index (χ1) is 18.8. The zero-order chi connectivity index (χ0) is 28.6. The van der Waals surface area contributed by atoms with Crippen molar-refractivity contribution >= 4 is 30.0 Å². The average molecular weight is 542 g/mol. The third-order valence-electron chi connectivity index (χ3n) is 5.74. The summed E-state index contributed by atoms with van der Waals surface area (Å²) in [7, 11) is 2.96. The Bertz CT molecular complexity index is 1110. The highest BCUT2D eigenvalue weighted by Gasteiger charge is 2.26. The van der Waals surface area contributed by atoms with Crippen LogP contribution in [0, 0.1) is 0 Å². The van der Waals surface area contributed by atoms with Gasteiger partial charge in [0.25, 0.3) is 0 Å². The molecule has 0 heterocycles. The summed E-state index contributed by atoms with van der Waals surface area (Å²) in [5.74, 6) is -1.92. The maximum Gasteiger partial charge on any atom is 0.331 e. The van der Waals surface area contributed by atoms with Crippen LogP contribution < -0.4 is 4.74 Å². The van der Waals surface area contributed by atoms with Gasteiger partial charge in [0, 0.05) is 40.8 Å². The minimum absolute atomic E-state index is 0.0700. The van der Waals surface area contributed by atoms with Gasteiger partial charge in [-0.2, -0.15) is 0 Å². The summed E-state index contributed by atoms with van der Waals surface area (Å²) in [4.78, 5) is 66.6. The molecule has 0 spiro atoms. The number of hydrogen-bond acceptors (Lipinski definition) is 8. The number of hydrogen-bond donors (Lipinski definition) is 0. The lowest BCUT2D eigenvalue weighted by atomic mass is 10.2. The van der Waals surface area contributed by atoms with Crippen LogP contribution in [0.3, 0.4) is 0 Å². The Labute approximate surface area is 228 Å². The molecule has 0 aliphatic carbocycles. The highest BCUT2D eigenvalue weighted by Crippen LogP contribution is 2.16. The van der Waals surface area contributed by atoms with E-state index in [0.29, 0.717) is 6.29 Å². The van der Waals surface area contributed by atoms with Gasteiger partial charge < -0.3 is 28.9 Å². The van der Waals surface area contributed by atoms with Crippen molar-refractivity contribution in [2.24, 2.45) is 0 Å². The second-order valence-corrected chi connectivity index (χ2v) is 8.61. The van der Waals surface area contributed by atoms with Gasteiger partial charge in [0.2, 0.25) is 17.7 Å². The van der Waals surface area contributed by atoms with Gasteiger partial charge in [-0.3, -0.25) is 19.2 Å². The summed E-state index contributed by atoms with van der Waals surface area (Å²) < 4.78 is 15.4. The molecule has 0 aromatic heterocycles. The van der Waals surface area contributed by atoms with E-state index >= 15 is 0 Å². The fourth-order valence-electron chi connectivity index (χ4n) is 3.59. The van der Waals surface area contributed by atoms with Gasteiger partial charge in [0.15, 0.2) is 6.29 Å². The Kier molecular flexibility index (Phi) is 13.3. The minimum Gasteiger partial charge on any atom is -0.424 e. The molecular weight excluding hydrogens is 506 g/mol. The highest BCUT2D eigenvalue weighted by atomic mass is 16.5. The number of aldehydes is 1. The van der Waals surface area contributed by atoms with E-state index in [1.54, 1.807) is 12.1 Å². The molecule has 11 nitrogen and oxygen atoms in total. The third kappa shape index (κ3) is 10.7. The van der Waals surface area contributed by atoms with Gasteiger partial charge in [-0.1, -0.05) is 42.5 Å². The molecule has 0 bridgehead atoms. The number of amides is 3. The molecule has 0 saturated heterocycles. The SMILES string of the molecule is COCCN(CC(=O)N(CC(=O)N(CCOC)CC(=O)Oc1ccccc1C=O)Cc1ccccc1)C(C)=O. The predicted octanol–water partition coefficient (Wildman–Crippen LogP) is 1.40. The highest BCUT2D eigenvalue weighted by molar-refractivity contribution is 5.90. The molecule has 0 atom stereocenters. The van der Waals surface area contributed by atoms with Crippen molar-refractivity contribution in [1.82, 2.24) is 14.7 Å². The van der Waals surface area contributed by atoms with Crippen molar-refractivity contribution in [3.8, 4) is 5.75 Å². The molecule has 0 radical (unpaired) electrons. The summed E-state index contributed by atoms with van der Waals surface area (Å²) in [6.45, 7) is 1.17. The monoisotopic (exact) mass is 541 g/mol. The lowest BCUT2D eigenvalue weighted by Crippen LogP contribution is -2.49. The predicted molar refractivity (Wildman–Crippen MR) is 142 cm³/mol. The molecule has 0 aliphatic heterocycles. The van der Waals surface area contributed by atoms with Crippen LogP contribution in [0.2, 0.25) is 0 Å². The molecule has 3 amide bonds. The van der Waals surface area contributed by atoms with Crippen molar-refractivity contribution in [3.05, 3.63) is 65.7 Å². The zero-order valence-corrected chi connectivity index (χ0v) is 22.5. The van der Waals surface area contributed by atoms with Crippen molar-refractivity contribution in [1.29, 1.82) is 0 Å². The topological polar surface area (TPSA) is 123 Å². The summed E-state index contributed by atoms with van der Waals surface area (Å²) in [6.07, 6.45) is 0.570. The van der Waals surface area contributed by atoms with Gasteiger partial charge in [-0.15, -0.1) is 0 Å². The van der Waals surface area contributed by atoms with Crippen molar-refractivity contribution in [2.45, 2.75) is 13.5 Å². The molecule has 0 aliphatic rings. The van der Waals surface area contributed by atoms with Gasteiger partial charge >= 0.3 is 5.97 Å². The van der Waals surface area contributed by atoms with Crippen molar-refractivity contribution < 1.29 is 38.2 Å². The van der Waals surface area contributed by atoms with E-state index in [1.807, 2.05) is 30.3 Å². The number of methoxy groups -OCH3 is 2. The van der Waals surface area contributed by atoms with Gasteiger partial charge in [0.05, 0.1) is 25.3 Å². The van der Waals surface area contributed by atoms with Crippen LogP contribution in [0.4, 0.5) is 0 Å². The summed E-state index contributed by atoms with van der Waals surface area (Å²) in [5, 5.41) is 0. The molecule has 0 saturated carbocycles. The van der Waals surface area contributed by atoms with Crippen LogP contribution >= 0.6 is 0 Å². The van der Waals surface area contributed by atoms with Crippen molar-refractivity contribution in [3.63, 3.8) is 0 Å². The normalized spacial score (nSPS) is 10.4. The van der Waals surface area contributed by atoms with Crippen LogP contribution in [0.15, 0.2) is 54.6 Å². The Balaban J connectivity index is 2.20. The molecule has 39 heavy (non-hydrogen) atoms. The minimum atomic E-state index is -0.753. The zero-order valence-electron chi connectivity index (χ0n) is 22.5. The second-order valence-electron chi connectivity index (χ2n) is 8.61. The number of ether oxygens (including phenoxy) is 3. The van der Waals surface area contributed by atoms with Gasteiger partial charge in [-0.05, 0) is 17.7 Å². The molecule has 210 valence electrons. The fourth-order valence-corrected chi connectivity index (χ4v) is 3.59. The number of para-hydroxylation sites is 1. The third-order valence-corrected chi connectivity index (χ3v) is 5.74. The molecule has 0 fully saturated rings. The average Bonchev–Trinajstić information content (AvgIpc) is 2.93. The maximum absolute atomic E-state index is 13.4. The fraction of sp³-hybridized carbons (Fsp3) is 0.393. The Morgan fingerprint density at radius 3 is 1.92 bits per heavy atom. The summed E-state index contributed by atoms with van der Waals surface area (Å²) in [5.41, 5.74) is 0.988.